The molecule has 0 aromatic heterocycles. The molecule has 1 radical (unpaired) electrons. The van der Waals surface area contributed by atoms with Gasteiger partial charge in [-0.05, 0) is 0 Å². The largest absolute Gasteiger partial charge is 3.00 e. The van der Waals surface area contributed by atoms with Crippen LogP contribution in [0.5, 0.6) is 0 Å². The molecule has 0 aromatic carbocycles. The predicted molar refractivity (Wildman–Crippen MR) is 11.7 cm³/mol. The molecule has 49 valence electrons. The van der Waals surface area contributed by atoms with Crippen LogP contribution in [0.1, 0.15) is 0 Å². The van der Waals surface area contributed by atoms with E-state index in [-0.39, 0.29) is 67.7 Å². The molecule has 0 spiro atoms. The van der Waals surface area contributed by atoms with Gasteiger partial charge in [0.15, 0.2) is 0 Å². The molecule has 7 heteroatoms. The van der Waals surface area contributed by atoms with E-state index in [0.29, 0.717) is 0 Å². The van der Waals surface area contributed by atoms with Crippen molar-refractivity contribution in [1.82, 2.24) is 0 Å². The Hall–Kier alpha value is 2.50. The Morgan fingerprint density at radius 3 is 0.857 bits per heavy atom. The number of halogens is 5. The van der Waals surface area contributed by atoms with Crippen LogP contribution in [0, 0.1) is 0 Å². The average molecular weight is 285 g/mol. The summed E-state index contributed by atoms with van der Waals surface area (Å²) in [4.78, 5) is 0. The van der Waals surface area contributed by atoms with Gasteiger partial charge in [0.05, 0.1) is 0 Å². The minimum atomic E-state index is 0. The van der Waals surface area contributed by atoms with Crippen molar-refractivity contribution in [2.45, 2.75) is 0 Å². The van der Waals surface area contributed by atoms with E-state index in [1.165, 1.54) is 0 Å². The van der Waals surface area contributed by atoms with E-state index in [2.05, 4.69) is 0 Å². The summed E-state index contributed by atoms with van der Waals surface area (Å²) in [5.74, 6) is 0. The predicted octanol–water partition coefficient (Wildman–Crippen LogP) is -7.61. The summed E-state index contributed by atoms with van der Waals surface area (Å²) < 4.78 is 0. The molecule has 0 saturated carbocycles. The molecule has 0 aliphatic rings. The summed E-state index contributed by atoms with van der Waals surface area (Å²) in [5.41, 5.74) is 0. The van der Waals surface area contributed by atoms with E-state index in [1.54, 1.807) is 0 Å². The Morgan fingerprint density at radius 2 is 0.857 bits per heavy atom. The Balaban J connectivity index is -0.00000000333. The van der Waals surface area contributed by atoms with Crippen LogP contribution in [0.3, 0.4) is 0 Å². The van der Waals surface area contributed by atoms with Crippen LogP contribution >= 0.6 is 20.2 Å². The summed E-state index contributed by atoms with van der Waals surface area (Å²) in [6.07, 6.45) is 0. The van der Waals surface area contributed by atoms with Crippen molar-refractivity contribution < 1.29 is 67.7 Å². The first-order valence-electron chi connectivity index (χ1n) is 0.267. The maximum Gasteiger partial charge on any atom is 3.00 e. The molecule has 0 atom stereocenters. The van der Waals surface area contributed by atoms with Gasteiger partial charge in [-0.1, -0.05) is 0 Å². The maximum absolute atomic E-state index is 4.76. The van der Waals surface area contributed by atoms with Crippen molar-refractivity contribution in [2.24, 2.45) is 0 Å². The second-order valence-corrected chi connectivity index (χ2v) is 1.87. The molecule has 0 N–H and O–H groups in total. The van der Waals surface area contributed by atoms with E-state index in [0.717, 1.165) is 0 Å². The molecule has 0 saturated heterocycles. The van der Waals surface area contributed by atoms with Crippen molar-refractivity contribution in [3.63, 3.8) is 0 Å². The van der Waals surface area contributed by atoms with E-state index < -0.39 is 0 Å². The van der Waals surface area contributed by atoms with Gasteiger partial charge in [0, 0.05) is 0 Å². The van der Waals surface area contributed by atoms with Crippen molar-refractivity contribution >= 4 is 20.2 Å². The normalized spacial score (nSPS) is 3.14. The Bertz CT molecular complexity index is 8.04. The SMILES string of the molecule is [Cl-].[Cl-].[Cl-].[Cl][Fe][Cl].[Cr+3]. The fraction of sp³-hybridized carbons (Fsp3) is 0. The molecule has 0 aliphatic heterocycles. The summed E-state index contributed by atoms with van der Waals surface area (Å²) in [6, 6.07) is 0. The first-order chi connectivity index (χ1) is 1.41. The van der Waals surface area contributed by atoms with Gasteiger partial charge >= 0.3 is 50.7 Å². The fourth-order valence-corrected chi connectivity index (χ4v) is 0. The third-order valence-electron chi connectivity index (χ3n) is 0. The molecule has 0 bridgehead atoms. The number of hydrogen-bond acceptors (Lipinski definition) is 0. The summed E-state index contributed by atoms with van der Waals surface area (Å²) in [5, 5.41) is 0. The molecule has 0 nitrogen and oxygen atoms in total. The molecular weight excluding hydrogens is 285 g/mol. The smallest absolute Gasteiger partial charge is 3.00 e. The van der Waals surface area contributed by atoms with Gasteiger partial charge in [-0.3, -0.25) is 0 Å². The second kappa shape index (κ2) is 39.0. The first kappa shape index (κ1) is 33.9. The maximum atomic E-state index is 4.76. The molecule has 0 rings (SSSR count). The van der Waals surface area contributed by atoms with Crippen LogP contribution in [0.25, 0.3) is 0 Å². The van der Waals surface area contributed by atoms with Gasteiger partial charge in [0.2, 0.25) is 0 Å². The monoisotopic (exact) mass is 283 g/mol. The van der Waals surface area contributed by atoms with Gasteiger partial charge in [0.1, 0.15) is 0 Å². The zero-order valence-corrected chi connectivity index (χ0v) is 8.81. The van der Waals surface area contributed by atoms with Crippen LogP contribution in [0.15, 0.2) is 0 Å². The third-order valence-corrected chi connectivity index (χ3v) is 0. The van der Waals surface area contributed by atoms with E-state index in [4.69, 9.17) is 20.2 Å². The Morgan fingerprint density at radius 1 is 0.857 bits per heavy atom. The van der Waals surface area contributed by atoms with Crippen LogP contribution in [0.4, 0.5) is 0 Å². The number of rotatable bonds is 0. The van der Waals surface area contributed by atoms with Crippen LogP contribution in [-0.4, -0.2) is 0 Å². The van der Waals surface area contributed by atoms with Crippen molar-refractivity contribution in [2.75, 3.05) is 0 Å². The van der Waals surface area contributed by atoms with Gasteiger partial charge < -0.3 is 37.2 Å². The van der Waals surface area contributed by atoms with Gasteiger partial charge in [-0.25, -0.2) is 0 Å². The average Bonchev–Trinajstić information content (AvgIpc) is 0.918. The molecule has 0 heterocycles. The van der Waals surface area contributed by atoms with Crippen molar-refractivity contribution in [3.05, 3.63) is 0 Å². The molecule has 0 fully saturated rings. The van der Waals surface area contributed by atoms with E-state index in [9.17, 15) is 0 Å². The minimum Gasteiger partial charge on any atom is 3.00 e. The molecule has 0 aromatic rings. The minimum absolute atomic E-state index is 0. The Labute approximate surface area is 87.0 Å². The fourth-order valence-electron chi connectivity index (χ4n) is 0. The molecule has 0 aliphatic carbocycles. The molecular formula is Cl5CrFe. The summed E-state index contributed by atoms with van der Waals surface area (Å²) in [7, 11) is 9.53. The van der Waals surface area contributed by atoms with Crippen LogP contribution in [0.2, 0.25) is 0 Å². The second-order valence-electron chi connectivity index (χ2n) is 0.0505. The van der Waals surface area contributed by atoms with Crippen molar-refractivity contribution in [3.8, 4) is 0 Å². The Kier molecular flexibility index (Phi) is 189. The van der Waals surface area contributed by atoms with E-state index >= 15 is 0 Å². The third kappa shape index (κ3) is 57.4. The summed E-state index contributed by atoms with van der Waals surface area (Å²) in [6.45, 7) is 0. The molecule has 0 amide bonds. The quantitative estimate of drug-likeness (QED) is 0.388. The first-order valence-corrected chi connectivity index (χ1v) is 3.31. The molecule has 0 unspecified atom stereocenters. The van der Waals surface area contributed by atoms with Gasteiger partial charge in [-0.15, -0.1) is 0 Å². The van der Waals surface area contributed by atoms with E-state index in [1.807, 2.05) is 0 Å². The topological polar surface area (TPSA) is 0 Å². The zero-order chi connectivity index (χ0) is 2.71. The van der Waals surface area contributed by atoms with Crippen LogP contribution in [-0.2, 0) is 30.5 Å². The standard InChI is InChI=1S/5ClH.Cr.Fe/h5*1H;;/q;;;;;+3;+2/p-5. The van der Waals surface area contributed by atoms with Gasteiger partial charge in [0.25, 0.3) is 0 Å². The molecule has 7 heavy (non-hydrogen) atoms. The van der Waals surface area contributed by atoms with Crippen LogP contribution < -0.4 is 37.2 Å². The zero-order valence-electron chi connectivity index (χ0n) is 2.65. The summed E-state index contributed by atoms with van der Waals surface area (Å²) >= 11 is 0.194. The number of hydrogen-bond donors (Lipinski definition) is 0. The van der Waals surface area contributed by atoms with Crippen molar-refractivity contribution in [1.29, 1.82) is 0 Å². The van der Waals surface area contributed by atoms with Gasteiger partial charge in [-0.2, -0.15) is 0 Å².